The molecule has 0 radical (unpaired) electrons. The number of anilines is 1. The predicted octanol–water partition coefficient (Wildman–Crippen LogP) is 1.96. The number of hydrogen-bond acceptors (Lipinski definition) is 3. The van der Waals surface area contributed by atoms with Gasteiger partial charge in [-0.1, -0.05) is 0 Å². The van der Waals surface area contributed by atoms with Crippen LogP contribution in [-0.2, 0) is 10.0 Å². The zero-order chi connectivity index (χ0) is 12.5. The SMILES string of the molecule is CNS(=O)(=O)c1ccc(N2CCCC2)c(Br)c1. The van der Waals surface area contributed by atoms with E-state index in [-0.39, 0.29) is 4.90 Å². The third kappa shape index (κ3) is 2.64. The molecule has 0 saturated carbocycles. The number of halogens is 1. The average Bonchev–Trinajstić information content (AvgIpc) is 2.82. The summed E-state index contributed by atoms with van der Waals surface area (Å²) < 4.78 is 26.4. The topological polar surface area (TPSA) is 49.4 Å². The molecule has 1 fully saturated rings. The third-order valence-electron chi connectivity index (χ3n) is 2.94. The van der Waals surface area contributed by atoms with E-state index in [1.807, 2.05) is 6.07 Å². The van der Waals surface area contributed by atoms with Crippen molar-refractivity contribution in [2.45, 2.75) is 17.7 Å². The molecule has 94 valence electrons. The summed E-state index contributed by atoms with van der Waals surface area (Å²) in [6.07, 6.45) is 2.39. The van der Waals surface area contributed by atoms with Gasteiger partial charge in [0.25, 0.3) is 0 Å². The lowest BCUT2D eigenvalue weighted by Gasteiger charge is -2.19. The van der Waals surface area contributed by atoms with E-state index in [9.17, 15) is 8.42 Å². The fourth-order valence-corrected chi connectivity index (χ4v) is 3.52. The van der Waals surface area contributed by atoms with E-state index in [0.29, 0.717) is 0 Å². The van der Waals surface area contributed by atoms with Gasteiger partial charge in [0.15, 0.2) is 0 Å². The molecule has 1 aliphatic rings. The Kier molecular flexibility index (Phi) is 3.75. The molecular formula is C11H15BrN2O2S. The van der Waals surface area contributed by atoms with Crippen molar-refractivity contribution >= 4 is 31.6 Å². The van der Waals surface area contributed by atoms with Gasteiger partial charge in [-0.2, -0.15) is 0 Å². The first-order chi connectivity index (χ1) is 8.04. The lowest BCUT2D eigenvalue weighted by Crippen LogP contribution is -2.20. The second-order valence-corrected chi connectivity index (χ2v) is 6.76. The molecule has 1 N–H and O–H groups in total. The zero-order valence-electron chi connectivity index (χ0n) is 9.61. The molecule has 1 aliphatic heterocycles. The quantitative estimate of drug-likeness (QED) is 0.926. The van der Waals surface area contributed by atoms with Crippen molar-refractivity contribution in [1.82, 2.24) is 4.72 Å². The van der Waals surface area contributed by atoms with Crippen molar-refractivity contribution < 1.29 is 8.42 Å². The molecule has 0 spiro atoms. The molecule has 0 bridgehead atoms. The molecule has 4 nitrogen and oxygen atoms in total. The van der Waals surface area contributed by atoms with Crippen LogP contribution in [0.2, 0.25) is 0 Å². The molecule has 0 aliphatic carbocycles. The monoisotopic (exact) mass is 318 g/mol. The molecule has 17 heavy (non-hydrogen) atoms. The second kappa shape index (κ2) is 4.96. The molecule has 1 aromatic rings. The second-order valence-electron chi connectivity index (χ2n) is 4.01. The molecule has 6 heteroatoms. The number of nitrogens with zero attached hydrogens (tertiary/aromatic N) is 1. The number of hydrogen-bond donors (Lipinski definition) is 1. The van der Waals surface area contributed by atoms with Crippen LogP contribution in [0.25, 0.3) is 0 Å². The largest absolute Gasteiger partial charge is 0.371 e. The van der Waals surface area contributed by atoms with Crippen LogP contribution in [0.4, 0.5) is 5.69 Å². The standard InChI is InChI=1S/C11H15BrN2O2S/c1-13-17(15,16)9-4-5-11(10(12)8-9)14-6-2-3-7-14/h4-5,8,13H,2-3,6-7H2,1H3. The van der Waals surface area contributed by atoms with Crippen molar-refractivity contribution in [2.24, 2.45) is 0 Å². The zero-order valence-corrected chi connectivity index (χ0v) is 12.0. The van der Waals surface area contributed by atoms with Gasteiger partial charge in [-0.3, -0.25) is 0 Å². The van der Waals surface area contributed by atoms with Gasteiger partial charge in [0, 0.05) is 17.6 Å². The normalized spacial score (nSPS) is 16.5. The maximum absolute atomic E-state index is 11.6. The minimum atomic E-state index is -3.36. The van der Waals surface area contributed by atoms with E-state index in [1.54, 1.807) is 12.1 Å². The van der Waals surface area contributed by atoms with Gasteiger partial charge in [0.1, 0.15) is 0 Å². The summed E-state index contributed by atoms with van der Waals surface area (Å²) in [4.78, 5) is 2.55. The van der Waals surface area contributed by atoms with Crippen LogP contribution in [-0.4, -0.2) is 28.6 Å². The van der Waals surface area contributed by atoms with Crippen LogP contribution in [0.15, 0.2) is 27.6 Å². The van der Waals surface area contributed by atoms with Crippen LogP contribution >= 0.6 is 15.9 Å². The maximum atomic E-state index is 11.6. The van der Waals surface area contributed by atoms with E-state index < -0.39 is 10.0 Å². The Bertz CT molecular complexity index is 510. The van der Waals surface area contributed by atoms with Gasteiger partial charge < -0.3 is 4.90 Å². The van der Waals surface area contributed by atoms with Gasteiger partial charge >= 0.3 is 0 Å². The van der Waals surface area contributed by atoms with Gasteiger partial charge in [-0.25, -0.2) is 13.1 Å². The van der Waals surface area contributed by atoms with Crippen molar-refractivity contribution in [3.63, 3.8) is 0 Å². The first kappa shape index (κ1) is 12.9. The maximum Gasteiger partial charge on any atom is 0.240 e. The number of nitrogens with one attached hydrogen (secondary N) is 1. The Balaban J connectivity index is 2.35. The van der Waals surface area contributed by atoms with Crippen molar-refractivity contribution in [1.29, 1.82) is 0 Å². The molecular weight excluding hydrogens is 304 g/mol. The summed E-state index contributed by atoms with van der Waals surface area (Å²) in [6, 6.07) is 5.16. The lowest BCUT2D eigenvalue weighted by molar-refractivity contribution is 0.588. The van der Waals surface area contributed by atoms with E-state index >= 15 is 0 Å². The fraction of sp³-hybridized carbons (Fsp3) is 0.455. The van der Waals surface area contributed by atoms with Crippen LogP contribution < -0.4 is 9.62 Å². The molecule has 0 amide bonds. The Hall–Kier alpha value is -0.590. The van der Waals surface area contributed by atoms with Gasteiger partial charge in [0.2, 0.25) is 10.0 Å². The highest BCUT2D eigenvalue weighted by atomic mass is 79.9. The fourth-order valence-electron chi connectivity index (χ4n) is 1.99. The summed E-state index contributed by atoms with van der Waals surface area (Å²) >= 11 is 3.44. The van der Waals surface area contributed by atoms with E-state index in [2.05, 4.69) is 25.6 Å². The highest BCUT2D eigenvalue weighted by Gasteiger charge is 2.18. The van der Waals surface area contributed by atoms with Gasteiger partial charge in [-0.15, -0.1) is 0 Å². The smallest absolute Gasteiger partial charge is 0.240 e. The molecule has 0 aromatic heterocycles. The number of rotatable bonds is 3. The van der Waals surface area contributed by atoms with Crippen LogP contribution in [0.5, 0.6) is 0 Å². The van der Waals surface area contributed by atoms with E-state index in [0.717, 1.165) is 23.2 Å². The van der Waals surface area contributed by atoms with Crippen LogP contribution in [0.1, 0.15) is 12.8 Å². The Morgan fingerprint density at radius 1 is 1.29 bits per heavy atom. The lowest BCUT2D eigenvalue weighted by atomic mass is 10.3. The molecule has 0 unspecified atom stereocenters. The third-order valence-corrected chi connectivity index (χ3v) is 4.99. The summed E-state index contributed by atoms with van der Waals surface area (Å²) in [7, 11) is -1.95. The van der Waals surface area contributed by atoms with E-state index in [1.165, 1.54) is 19.9 Å². The van der Waals surface area contributed by atoms with Gasteiger partial charge in [0.05, 0.1) is 10.6 Å². The molecule has 1 heterocycles. The minimum Gasteiger partial charge on any atom is -0.371 e. The highest BCUT2D eigenvalue weighted by molar-refractivity contribution is 9.10. The first-order valence-electron chi connectivity index (χ1n) is 5.52. The number of sulfonamides is 1. The molecule has 0 atom stereocenters. The van der Waals surface area contributed by atoms with Crippen LogP contribution in [0.3, 0.4) is 0 Å². The van der Waals surface area contributed by atoms with Crippen molar-refractivity contribution in [2.75, 3.05) is 25.0 Å². The van der Waals surface area contributed by atoms with Crippen LogP contribution in [0, 0.1) is 0 Å². The Morgan fingerprint density at radius 3 is 2.47 bits per heavy atom. The Labute approximate surface area is 110 Å². The number of benzene rings is 1. The molecule has 1 saturated heterocycles. The minimum absolute atomic E-state index is 0.287. The molecule has 1 aromatic carbocycles. The van der Waals surface area contributed by atoms with Crippen molar-refractivity contribution in [3.8, 4) is 0 Å². The molecule has 2 rings (SSSR count). The Morgan fingerprint density at radius 2 is 1.94 bits per heavy atom. The summed E-state index contributed by atoms with van der Waals surface area (Å²) in [6.45, 7) is 2.08. The summed E-state index contributed by atoms with van der Waals surface area (Å²) in [5, 5.41) is 0. The average molecular weight is 319 g/mol. The van der Waals surface area contributed by atoms with Gasteiger partial charge in [-0.05, 0) is 54.0 Å². The van der Waals surface area contributed by atoms with E-state index in [4.69, 9.17) is 0 Å². The predicted molar refractivity (Wildman–Crippen MR) is 71.8 cm³/mol. The highest BCUT2D eigenvalue weighted by Crippen LogP contribution is 2.31. The summed E-state index contributed by atoms with van der Waals surface area (Å²) in [5.74, 6) is 0. The van der Waals surface area contributed by atoms with Crippen molar-refractivity contribution in [3.05, 3.63) is 22.7 Å². The summed E-state index contributed by atoms with van der Waals surface area (Å²) in [5.41, 5.74) is 1.07. The first-order valence-corrected chi connectivity index (χ1v) is 7.80.